The molecule has 2 unspecified atom stereocenters. The van der Waals surface area contributed by atoms with Crippen LogP contribution in [0, 0.1) is 0 Å². The molecule has 5 heteroatoms. The van der Waals surface area contributed by atoms with Crippen molar-refractivity contribution in [2.75, 3.05) is 13.2 Å². The smallest absolute Gasteiger partial charge is 0.138 e. The molecule has 0 aliphatic carbocycles. The average molecular weight is 245 g/mol. The lowest BCUT2D eigenvalue weighted by molar-refractivity contribution is 0.0833. The molecule has 0 fully saturated rings. The summed E-state index contributed by atoms with van der Waals surface area (Å²) in [6, 6.07) is 6.72. The van der Waals surface area contributed by atoms with Gasteiger partial charge in [-0.3, -0.25) is 0 Å². The Bertz CT molecular complexity index is 323. The van der Waals surface area contributed by atoms with E-state index in [2.05, 4.69) is 0 Å². The van der Waals surface area contributed by atoms with Crippen molar-refractivity contribution < 1.29 is 9.84 Å². The second kappa shape index (κ2) is 6.70. The Balaban J connectivity index is 2.42. The Morgan fingerprint density at radius 2 is 2.06 bits per heavy atom. The SMILES string of the molecule is NCCC(N)C(O)COc1ccccc1Cl. The summed E-state index contributed by atoms with van der Waals surface area (Å²) in [6.45, 7) is 0.565. The molecule has 0 amide bonds. The van der Waals surface area contributed by atoms with Crippen LogP contribution >= 0.6 is 11.6 Å². The Morgan fingerprint density at radius 3 is 2.69 bits per heavy atom. The summed E-state index contributed by atoms with van der Waals surface area (Å²) in [5.74, 6) is 0.545. The third-order valence-corrected chi connectivity index (χ3v) is 2.55. The van der Waals surface area contributed by atoms with Crippen LogP contribution in [0.25, 0.3) is 0 Å². The molecule has 0 saturated carbocycles. The second-order valence-corrected chi connectivity index (χ2v) is 3.96. The quantitative estimate of drug-likeness (QED) is 0.690. The summed E-state index contributed by atoms with van der Waals surface area (Å²) in [6.07, 6.45) is -0.174. The van der Waals surface area contributed by atoms with Crippen LogP contribution in [-0.2, 0) is 0 Å². The Morgan fingerprint density at radius 1 is 1.38 bits per heavy atom. The standard InChI is InChI=1S/C11H17ClN2O2/c12-8-3-1-2-4-11(8)16-7-10(15)9(14)5-6-13/h1-4,9-10,15H,5-7,13-14H2. The molecule has 5 N–H and O–H groups in total. The van der Waals surface area contributed by atoms with E-state index in [-0.39, 0.29) is 12.6 Å². The normalized spacial score (nSPS) is 14.5. The molecule has 0 saturated heterocycles. The fourth-order valence-corrected chi connectivity index (χ4v) is 1.44. The first-order chi connectivity index (χ1) is 7.65. The molecule has 1 aromatic rings. The summed E-state index contributed by atoms with van der Waals surface area (Å²) >= 11 is 5.89. The lowest BCUT2D eigenvalue weighted by atomic mass is 10.1. The molecule has 0 bridgehead atoms. The van der Waals surface area contributed by atoms with E-state index in [4.69, 9.17) is 27.8 Å². The number of halogens is 1. The first-order valence-electron chi connectivity index (χ1n) is 5.16. The minimum absolute atomic E-state index is 0.116. The van der Waals surface area contributed by atoms with Gasteiger partial charge in [0.2, 0.25) is 0 Å². The van der Waals surface area contributed by atoms with Crippen molar-refractivity contribution in [3.63, 3.8) is 0 Å². The van der Waals surface area contributed by atoms with E-state index in [1.165, 1.54) is 0 Å². The van der Waals surface area contributed by atoms with E-state index in [0.717, 1.165) is 0 Å². The molecule has 0 spiro atoms. The summed E-state index contributed by atoms with van der Waals surface area (Å²) in [4.78, 5) is 0. The topological polar surface area (TPSA) is 81.5 Å². The van der Waals surface area contributed by atoms with Gasteiger partial charge in [-0.1, -0.05) is 23.7 Å². The van der Waals surface area contributed by atoms with Gasteiger partial charge in [0.15, 0.2) is 0 Å². The van der Waals surface area contributed by atoms with Gasteiger partial charge in [0.05, 0.1) is 5.02 Å². The van der Waals surface area contributed by atoms with E-state index in [0.29, 0.717) is 23.7 Å². The van der Waals surface area contributed by atoms with Gasteiger partial charge in [0.1, 0.15) is 18.5 Å². The molecule has 16 heavy (non-hydrogen) atoms. The molecule has 0 aliphatic rings. The molecular formula is C11H17ClN2O2. The monoisotopic (exact) mass is 244 g/mol. The van der Waals surface area contributed by atoms with Gasteiger partial charge in [-0.15, -0.1) is 0 Å². The van der Waals surface area contributed by atoms with Crippen LogP contribution in [-0.4, -0.2) is 30.4 Å². The van der Waals surface area contributed by atoms with Crippen LogP contribution in [0.15, 0.2) is 24.3 Å². The fourth-order valence-electron chi connectivity index (χ4n) is 1.25. The van der Waals surface area contributed by atoms with E-state index in [1.807, 2.05) is 12.1 Å². The summed E-state index contributed by atoms with van der Waals surface area (Å²) < 4.78 is 5.36. The van der Waals surface area contributed by atoms with E-state index in [9.17, 15) is 5.11 Å². The molecule has 90 valence electrons. The van der Waals surface area contributed by atoms with Crippen molar-refractivity contribution in [2.45, 2.75) is 18.6 Å². The third kappa shape index (κ3) is 3.98. The number of hydrogen-bond donors (Lipinski definition) is 3. The Kier molecular flexibility index (Phi) is 5.55. The molecule has 2 atom stereocenters. The number of para-hydroxylation sites is 1. The highest BCUT2D eigenvalue weighted by Crippen LogP contribution is 2.23. The third-order valence-electron chi connectivity index (χ3n) is 2.24. The van der Waals surface area contributed by atoms with Gasteiger partial charge in [-0.2, -0.15) is 0 Å². The maximum atomic E-state index is 9.65. The minimum Gasteiger partial charge on any atom is -0.489 e. The van der Waals surface area contributed by atoms with E-state index >= 15 is 0 Å². The number of hydrogen-bond acceptors (Lipinski definition) is 4. The van der Waals surface area contributed by atoms with E-state index in [1.54, 1.807) is 12.1 Å². The number of aliphatic hydroxyl groups is 1. The highest BCUT2D eigenvalue weighted by atomic mass is 35.5. The number of ether oxygens (including phenoxy) is 1. The van der Waals surface area contributed by atoms with E-state index < -0.39 is 6.10 Å². The van der Waals surface area contributed by atoms with Gasteiger partial charge in [0.25, 0.3) is 0 Å². The maximum absolute atomic E-state index is 9.65. The van der Waals surface area contributed by atoms with Crippen LogP contribution in [0.5, 0.6) is 5.75 Å². The summed E-state index contributed by atoms with van der Waals surface area (Å²) in [7, 11) is 0. The number of aliphatic hydroxyl groups excluding tert-OH is 1. The zero-order valence-corrected chi connectivity index (χ0v) is 9.73. The molecule has 0 aromatic heterocycles. The fraction of sp³-hybridized carbons (Fsp3) is 0.455. The van der Waals surface area contributed by atoms with Crippen molar-refractivity contribution in [3.05, 3.63) is 29.3 Å². The summed E-state index contributed by atoms with van der Waals surface area (Å²) in [5.41, 5.74) is 11.0. The highest BCUT2D eigenvalue weighted by molar-refractivity contribution is 6.32. The van der Waals surface area contributed by atoms with Gasteiger partial charge in [-0.05, 0) is 25.1 Å². The predicted molar refractivity (Wildman–Crippen MR) is 64.6 cm³/mol. The van der Waals surface area contributed by atoms with Gasteiger partial charge < -0.3 is 21.3 Å². The highest BCUT2D eigenvalue weighted by Gasteiger charge is 2.15. The van der Waals surface area contributed by atoms with Crippen LogP contribution in [0.3, 0.4) is 0 Å². The Labute approximate surface area is 100 Å². The molecule has 1 rings (SSSR count). The van der Waals surface area contributed by atoms with Gasteiger partial charge in [0, 0.05) is 6.04 Å². The molecule has 0 aliphatic heterocycles. The minimum atomic E-state index is -0.736. The number of nitrogens with two attached hydrogens (primary N) is 2. The first-order valence-corrected chi connectivity index (χ1v) is 5.54. The lowest BCUT2D eigenvalue weighted by Gasteiger charge is -2.18. The molecule has 0 radical (unpaired) electrons. The number of rotatable bonds is 6. The van der Waals surface area contributed by atoms with Gasteiger partial charge in [-0.25, -0.2) is 0 Å². The maximum Gasteiger partial charge on any atom is 0.138 e. The average Bonchev–Trinajstić information content (AvgIpc) is 2.28. The largest absolute Gasteiger partial charge is 0.489 e. The molecule has 0 heterocycles. The second-order valence-electron chi connectivity index (χ2n) is 3.55. The van der Waals surface area contributed by atoms with Crippen molar-refractivity contribution in [2.24, 2.45) is 11.5 Å². The molecule has 4 nitrogen and oxygen atoms in total. The van der Waals surface area contributed by atoms with Crippen LogP contribution in [0.4, 0.5) is 0 Å². The van der Waals surface area contributed by atoms with Crippen LogP contribution in [0.1, 0.15) is 6.42 Å². The number of benzene rings is 1. The zero-order valence-electron chi connectivity index (χ0n) is 8.97. The predicted octanol–water partition coefficient (Wildman–Crippen LogP) is 0.756. The van der Waals surface area contributed by atoms with Crippen molar-refractivity contribution in [1.82, 2.24) is 0 Å². The van der Waals surface area contributed by atoms with Crippen LogP contribution < -0.4 is 16.2 Å². The lowest BCUT2D eigenvalue weighted by Crippen LogP contribution is -2.40. The van der Waals surface area contributed by atoms with Gasteiger partial charge >= 0.3 is 0 Å². The van der Waals surface area contributed by atoms with Crippen LogP contribution in [0.2, 0.25) is 5.02 Å². The van der Waals surface area contributed by atoms with Crippen molar-refractivity contribution >= 4 is 11.6 Å². The summed E-state index contributed by atoms with van der Waals surface area (Å²) in [5, 5.41) is 10.2. The molecule has 1 aromatic carbocycles. The zero-order chi connectivity index (χ0) is 12.0. The van der Waals surface area contributed by atoms with Crippen molar-refractivity contribution in [1.29, 1.82) is 0 Å². The molecular weight excluding hydrogens is 228 g/mol. The first kappa shape index (κ1) is 13.3. The van der Waals surface area contributed by atoms with Crippen molar-refractivity contribution in [3.8, 4) is 5.75 Å². The Hall–Kier alpha value is -0.810.